The minimum atomic E-state index is -0.326. The van der Waals surface area contributed by atoms with Crippen molar-refractivity contribution in [3.05, 3.63) is 40.5 Å². The van der Waals surface area contributed by atoms with E-state index in [1.165, 1.54) is 29.9 Å². The van der Waals surface area contributed by atoms with E-state index in [2.05, 4.69) is 30.7 Å². The van der Waals surface area contributed by atoms with Gasteiger partial charge in [-0.3, -0.25) is 0 Å². The molecule has 0 heterocycles. The second-order valence-corrected chi connectivity index (χ2v) is 3.65. The molecule has 0 fully saturated rings. The zero-order valence-corrected chi connectivity index (χ0v) is 9.63. The number of benzene rings is 1. The molecule has 0 saturated carbocycles. The summed E-state index contributed by atoms with van der Waals surface area (Å²) < 4.78 is 4.54. The molecule has 15 heavy (non-hydrogen) atoms. The summed E-state index contributed by atoms with van der Waals surface area (Å²) in [7, 11) is 1.37. The lowest BCUT2D eigenvalue weighted by Gasteiger charge is -2.05. The van der Waals surface area contributed by atoms with E-state index in [0.717, 1.165) is 5.56 Å². The summed E-state index contributed by atoms with van der Waals surface area (Å²) in [5.41, 5.74) is 4.72. The lowest BCUT2D eigenvalue weighted by atomic mass is 10.0. The van der Waals surface area contributed by atoms with E-state index in [0.29, 0.717) is 0 Å². The molecule has 1 rings (SSSR count). The molecule has 0 spiro atoms. The van der Waals surface area contributed by atoms with Crippen molar-refractivity contribution in [1.82, 2.24) is 0 Å². The van der Waals surface area contributed by atoms with E-state index >= 15 is 0 Å². The van der Waals surface area contributed by atoms with Gasteiger partial charge in [0.05, 0.1) is 7.11 Å². The molecule has 0 aliphatic rings. The first-order valence-electron chi connectivity index (χ1n) is 4.88. The quantitative estimate of drug-likeness (QED) is 0.547. The molecule has 0 aliphatic heterocycles. The van der Waals surface area contributed by atoms with Crippen molar-refractivity contribution < 1.29 is 9.53 Å². The predicted molar refractivity (Wildman–Crippen MR) is 61.7 cm³/mol. The fourth-order valence-electron chi connectivity index (χ4n) is 1.39. The van der Waals surface area contributed by atoms with Crippen LogP contribution < -0.4 is 0 Å². The molecule has 0 bridgehead atoms. The molecule has 0 N–H and O–H groups in total. The molecule has 0 saturated heterocycles. The minimum Gasteiger partial charge on any atom is -0.466 e. The normalized spacial score (nSPS) is 10.7. The van der Waals surface area contributed by atoms with Gasteiger partial charge in [0, 0.05) is 6.08 Å². The highest BCUT2D eigenvalue weighted by atomic mass is 16.5. The van der Waals surface area contributed by atoms with Gasteiger partial charge in [0.15, 0.2) is 0 Å². The summed E-state index contributed by atoms with van der Waals surface area (Å²) in [4.78, 5) is 10.9. The monoisotopic (exact) mass is 204 g/mol. The van der Waals surface area contributed by atoms with Crippen LogP contribution in [-0.2, 0) is 9.53 Å². The molecular formula is C13H16O2. The third-order valence-electron chi connectivity index (χ3n) is 2.48. The molecule has 0 aliphatic carbocycles. The maximum absolute atomic E-state index is 10.9. The van der Waals surface area contributed by atoms with Gasteiger partial charge in [-0.25, -0.2) is 4.79 Å². The van der Waals surface area contributed by atoms with E-state index in [4.69, 9.17) is 0 Å². The van der Waals surface area contributed by atoms with Crippen LogP contribution in [0.3, 0.4) is 0 Å². The molecular weight excluding hydrogens is 188 g/mol. The maximum atomic E-state index is 10.9. The van der Waals surface area contributed by atoms with Crippen LogP contribution in [0.15, 0.2) is 18.2 Å². The second-order valence-electron chi connectivity index (χ2n) is 3.65. The number of hydrogen-bond donors (Lipinski definition) is 0. The highest BCUT2D eigenvalue weighted by Gasteiger charge is 1.99. The Kier molecular flexibility index (Phi) is 3.67. The Hall–Kier alpha value is -1.57. The van der Waals surface area contributed by atoms with Crippen LogP contribution >= 0.6 is 0 Å². The Morgan fingerprint density at radius 2 is 1.73 bits per heavy atom. The number of ether oxygens (including phenoxy) is 1. The van der Waals surface area contributed by atoms with Gasteiger partial charge in [-0.1, -0.05) is 12.1 Å². The Morgan fingerprint density at radius 1 is 1.13 bits per heavy atom. The van der Waals surface area contributed by atoms with E-state index in [-0.39, 0.29) is 5.97 Å². The molecule has 0 aromatic heterocycles. The van der Waals surface area contributed by atoms with Crippen LogP contribution in [0.2, 0.25) is 0 Å². The van der Waals surface area contributed by atoms with Crippen molar-refractivity contribution in [2.24, 2.45) is 0 Å². The van der Waals surface area contributed by atoms with Crippen LogP contribution in [0, 0.1) is 20.8 Å². The lowest BCUT2D eigenvalue weighted by molar-refractivity contribution is -0.134. The van der Waals surface area contributed by atoms with Crippen LogP contribution in [-0.4, -0.2) is 13.1 Å². The lowest BCUT2D eigenvalue weighted by Crippen LogP contribution is -1.94. The van der Waals surface area contributed by atoms with Gasteiger partial charge in [0.1, 0.15) is 0 Å². The average Bonchev–Trinajstić information content (AvgIpc) is 2.21. The Bertz CT molecular complexity index is 403. The molecule has 80 valence electrons. The maximum Gasteiger partial charge on any atom is 0.330 e. The SMILES string of the molecule is COC(=O)C=Cc1cc(C)c(C)cc1C. The van der Waals surface area contributed by atoms with Gasteiger partial charge >= 0.3 is 5.97 Å². The topological polar surface area (TPSA) is 26.3 Å². The Morgan fingerprint density at radius 3 is 2.33 bits per heavy atom. The van der Waals surface area contributed by atoms with Crippen molar-refractivity contribution in [2.45, 2.75) is 20.8 Å². The van der Waals surface area contributed by atoms with Crippen molar-refractivity contribution in [3.63, 3.8) is 0 Å². The van der Waals surface area contributed by atoms with Crippen LogP contribution in [0.1, 0.15) is 22.3 Å². The van der Waals surface area contributed by atoms with Crippen LogP contribution in [0.25, 0.3) is 6.08 Å². The first kappa shape index (κ1) is 11.5. The summed E-state index contributed by atoms with van der Waals surface area (Å²) in [6.45, 7) is 6.17. The number of rotatable bonds is 2. The third kappa shape index (κ3) is 2.94. The second kappa shape index (κ2) is 4.78. The average molecular weight is 204 g/mol. The van der Waals surface area contributed by atoms with Crippen molar-refractivity contribution in [2.75, 3.05) is 7.11 Å². The Labute approximate surface area is 90.6 Å². The summed E-state index contributed by atoms with van der Waals surface area (Å²) in [5.74, 6) is -0.326. The predicted octanol–water partition coefficient (Wildman–Crippen LogP) is 2.80. The number of carbonyl (C=O) groups is 1. The van der Waals surface area contributed by atoms with Crippen molar-refractivity contribution in [1.29, 1.82) is 0 Å². The summed E-state index contributed by atoms with van der Waals surface area (Å²) in [6, 6.07) is 4.19. The fourth-order valence-corrected chi connectivity index (χ4v) is 1.39. The first-order valence-corrected chi connectivity index (χ1v) is 4.88. The van der Waals surface area contributed by atoms with E-state index in [9.17, 15) is 4.79 Å². The number of esters is 1. The van der Waals surface area contributed by atoms with Gasteiger partial charge in [-0.05, 0) is 49.1 Å². The van der Waals surface area contributed by atoms with Crippen molar-refractivity contribution >= 4 is 12.0 Å². The summed E-state index contributed by atoms with van der Waals surface area (Å²) in [6.07, 6.45) is 3.23. The molecule has 0 radical (unpaired) electrons. The molecule has 2 heteroatoms. The molecule has 2 nitrogen and oxygen atoms in total. The molecule has 1 aromatic carbocycles. The number of carbonyl (C=O) groups excluding carboxylic acids is 1. The number of aryl methyl sites for hydroxylation is 3. The summed E-state index contributed by atoms with van der Waals surface area (Å²) >= 11 is 0. The Balaban J connectivity index is 3.00. The zero-order chi connectivity index (χ0) is 11.4. The fraction of sp³-hybridized carbons (Fsp3) is 0.308. The number of hydrogen-bond acceptors (Lipinski definition) is 2. The molecule has 0 amide bonds. The molecule has 1 aromatic rings. The van der Waals surface area contributed by atoms with E-state index in [1.807, 2.05) is 6.92 Å². The molecule has 0 atom stereocenters. The third-order valence-corrected chi connectivity index (χ3v) is 2.48. The van der Waals surface area contributed by atoms with Crippen LogP contribution in [0.4, 0.5) is 0 Å². The van der Waals surface area contributed by atoms with Crippen molar-refractivity contribution in [3.8, 4) is 0 Å². The minimum absolute atomic E-state index is 0.326. The smallest absolute Gasteiger partial charge is 0.330 e. The first-order chi connectivity index (χ1) is 7.04. The largest absolute Gasteiger partial charge is 0.466 e. The summed E-state index contributed by atoms with van der Waals surface area (Å²) in [5, 5.41) is 0. The molecule has 0 unspecified atom stereocenters. The van der Waals surface area contributed by atoms with Gasteiger partial charge in [0.2, 0.25) is 0 Å². The van der Waals surface area contributed by atoms with Crippen LogP contribution in [0.5, 0.6) is 0 Å². The van der Waals surface area contributed by atoms with Gasteiger partial charge < -0.3 is 4.74 Å². The standard InChI is InChI=1S/C13H16O2/c1-9-7-11(3)12(8-10(9)2)5-6-13(14)15-4/h5-8H,1-4H3. The highest BCUT2D eigenvalue weighted by Crippen LogP contribution is 2.16. The van der Waals surface area contributed by atoms with Gasteiger partial charge in [0.25, 0.3) is 0 Å². The van der Waals surface area contributed by atoms with Gasteiger partial charge in [-0.2, -0.15) is 0 Å². The van der Waals surface area contributed by atoms with E-state index < -0.39 is 0 Å². The van der Waals surface area contributed by atoms with Gasteiger partial charge in [-0.15, -0.1) is 0 Å². The highest BCUT2D eigenvalue weighted by molar-refractivity contribution is 5.87. The van der Waals surface area contributed by atoms with E-state index in [1.54, 1.807) is 6.08 Å². The zero-order valence-electron chi connectivity index (χ0n) is 9.63. The number of methoxy groups -OCH3 is 1.